The highest BCUT2D eigenvalue weighted by molar-refractivity contribution is 8.00. The summed E-state index contributed by atoms with van der Waals surface area (Å²) < 4.78 is 1.81. The number of hydrogen-bond donors (Lipinski definition) is 1. The Balaban J connectivity index is 2.04. The van der Waals surface area contributed by atoms with E-state index in [2.05, 4.69) is 42.5 Å². The number of nitrogens with zero attached hydrogens (tertiary/aromatic N) is 2. The second-order valence-corrected chi connectivity index (χ2v) is 7.16. The lowest BCUT2D eigenvalue weighted by molar-refractivity contribution is -0.115. The molecule has 5 heteroatoms. The average Bonchev–Trinajstić information content (AvgIpc) is 2.90. The van der Waals surface area contributed by atoms with E-state index in [-0.39, 0.29) is 17.2 Å². The highest BCUT2D eigenvalue weighted by atomic mass is 32.2. The first-order valence-electron chi connectivity index (χ1n) is 7.46. The molecule has 1 amide bonds. The lowest BCUT2D eigenvalue weighted by Crippen LogP contribution is -2.24. The van der Waals surface area contributed by atoms with Crippen LogP contribution in [0.3, 0.4) is 0 Å². The zero-order valence-corrected chi connectivity index (χ0v) is 14.6. The first-order valence-corrected chi connectivity index (χ1v) is 8.34. The van der Waals surface area contributed by atoms with Crippen molar-refractivity contribution >= 4 is 23.5 Å². The number of aromatic nitrogens is 2. The van der Waals surface area contributed by atoms with Crippen LogP contribution in [0.2, 0.25) is 0 Å². The lowest BCUT2D eigenvalue weighted by Gasteiger charge is -2.16. The van der Waals surface area contributed by atoms with E-state index in [9.17, 15) is 4.79 Å². The van der Waals surface area contributed by atoms with E-state index in [4.69, 9.17) is 0 Å². The molecule has 0 bridgehead atoms. The van der Waals surface area contributed by atoms with E-state index in [1.54, 1.807) is 18.0 Å². The number of carbonyl (C=O) groups is 1. The van der Waals surface area contributed by atoms with Crippen molar-refractivity contribution in [3.05, 3.63) is 41.6 Å². The highest BCUT2D eigenvalue weighted by Gasteiger charge is 2.17. The minimum atomic E-state index is -0.170. The number of anilines is 1. The number of carbonyl (C=O) groups excluding carboxylic acids is 1. The molecule has 22 heavy (non-hydrogen) atoms. The van der Waals surface area contributed by atoms with E-state index in [1.807, 2.05) is 31.5 Å². The zero-order valence-electron chi connectivity index (χ0n) is 13.8. The van der Waals surface area contributed by atoms with Gasteiger partial charge in [-0.2, -0.15) is 5.10 Å². The Labute approximate surface area is 136 Å². The second-order valence-electron chi connectivity index (χ2n) is 5.77. The Kier molecular flexibility index (Phi) is 5.29. The molecule has 0 unspecified atom stereocenters. The summed E-state index contributed by atoms with van der Waals surface area (Å²) in [6.45, 7) is 10.2. The number of nitrogens with one attached hydrogen (secondary N) is 1. The van der Waals surface area contributed by atoms with Gasteiger partial charge in [0.2, 0.25) is 5.91 Å². The van der Waals surface area contributed by atoms with E-state index < -0.39 is 0 Å². The Bertz CT molecular complexity index is 664. The maximum absolute atomic E-state index is 12.4. The van der Waals surface area contributed by atoms with Crippen LogP contribution in [0.5, 0.6) is 0 Å². The fourth-order valence-electron chi connectivity index (χ4n) is 2.23. The van der Waals surface area contributed by atoms with E-state index in [1.165, 1.54) is 11.1 Å². The van der Waals surface area contributed by atoms with Crippen molar-refractivity contribution in [3.63, 3.8) is 0 Å². The fourth-order valence-corrected chi connectivity index (χ4v) is 3.17. The summed E-state index contributed by atoms with van der Waals surface area (Å²) in [5, 5.41) is 7.02. The van der Waals surface area contributed by atoms with Gasteiger partial charge in [-0.05, 0) is 46.2 Å². The van der Waals surface area contributed by atoms with E-state index >= 15 is 0 Å². The van der Waals surface area contributed by atoms with Crippen LogP contribution in [0.15, 0.2) is 35.4 Å². The third-order valence-corrected chi connectivity index (χ3v) is 4.69. The van der Waals surface area contributed by atoms with Crippen LogP contribution in [-0.4, -0.2) is 20.9 Å². The summed E-state index contributed by atoms with van der Waals surface area (Å²) in [4.78, 5) is 13.5. The van der Waals surface area contributed by atoms with Gasteiger partial charge in [-0.25, -0.2) is 4.68 Å². The van der Waals surface area contributed by atoms with Crippen molar-refractivity contribution in [3.8, 4) is 0 Å². The Morgan fingerprint density at radius 3 is 2.59 bits per heavy atom. The van der Waals surface area contributed by atoms with Crippen LogP contribution in [0.25, 0.3) is 0 Å². The molecule has 0 radical (unpaired) electrons. The predicted molar refractivity (Wildman–Crippen MR) is 92.5 cm³/mol. The third kappa shape index (κ3) is 3.91. The molecule has 0 spiro atoms. The van der Waals surface area contributed by atoms with Crippen molar-refractivity contribution in [2.24, 2.45) is 0 Å². The molecule has 118 valence electrons. The van der Waals surface area contributed by atoms with Gasteiger partial charge in [0, 0.05) is 17.0 Å². The highest BCUT2D eigenvalue weighted by Crippen LogP contribution is 2.28. The molecule has 0 fully saturated rings. The first kappa shape index (κ1) is 16.6. The van der Waals surface area contributed by atoms with Gasteiger partial charge >= 0.3 is 0 Å². The summed E-state index contributed by atoms with van der Waals surface area (Å²) in [7, 11) is 0. The minimum Gasteiger partial charge on any atom is -0.310 e. The van der Waals surface area contributed by atoms with Gasteiger partial charge in [-0.1, -0.05) is 17.7 Å². The van der Waals surface area contributed by atoms with Crippen LogP contribution in [0.1, 0.15) is 37.9 Å². The smallest absolute Gasteiger partial charge is 0.238 e. The quantitative estimate of drug-likeness (QED) is 0.841. The van der Waals surface area contributed by atoms with Gasteiger partial charge in [0.05, 0.1) is 11.4 Å². The predicted octanol–water partition coefficient (Wildman–Crippen LogP) is 4.20. The van der Waals surface area contributed by atoms with Crippen LogP contribution in [0.4, 0.5) is 5.82 Å². The SMILES string of the molecule is Cc1ccc(S[C@@H](C)C(=O)Nc2ccnn2C(C)C)c(C)c1. The molecule has 2 aromatic rings. The molecule has 1 aromatic heterocycles. The van der Waals surface area contributed by atoms with Gasteiger partial charge in [0.15, 0.2) is 0 Å². The van der Waals surface area contributed by atoms with Crippen molar-refractivity contribution < 1.29 is 4.79 Å². The Hall–Kier alpha value is -1.75. The van der Waals surface area contributed by atoms with Crippen molar-refractivity contribution in [2.45, 2.75) is 50.8 Å². The Morgan fingerprint density at radius 1 is 1.23 bits per heavy atom. The molecule has 0 aliphatic heterocycles. The topological polar surface area (TPSA) is 46.9 Å². The zero-order chi connectivity index (χ0) is 16.3. The summed E-state index contributed by atoms with van der Waals surface area (Å²) in [5.74, 6) is 0.737. The average molecular weight is 317 g/mol. The summed E-state index contributed by atoms with van der Waals surface area (Å²) in [6.07, 6.45) is 1.71. The molecule has 0 aliphatic carbocycles. The van der Waals surface area contributed by atoms with Crippen LogP contribution in [-0.2, 0) is 4.79 Å². The molecule has 1 aromatic carbocycles. The van der Waals surface area contributed by atoms with Gasteiger partial charge < -0.3 is 5.32 Å². The molecule has 0 aliphatic rings. The number of rotatable bonds is 5. The molecule has 1 N–H and O–H groups in total. The molecule has 0 saturated heterocycles. The fraction of sp³-hybridized carbons (Fsp3) is 0.412. The summed E-state index contributed by atoms with van der Waals surface area (Å²) >= 11 is 1.58. The number of thioether (sulfide) groups is 1. The molecule has 4 nitrogen and oxygen atoms in total. The molecular weight excluding hydrogens is 294 g/mol. The van der Waals surface area contributed by atoms with Crippen LogP contribution >= 0.6 is 11.8 Å². The summed E-state index contributed by atoms with van der Waals surface area (Å²) in [6, 6.07) is 8.34. The van der Waals surface area contributed by atoms with Crippen molar-refractivity contribution in [1.82, 2.24) is 9.78 Å². The van der Waals surface area contributed by atoms with Crippen molar-refractivity contribution in [2.75, 3.05) is 5.32 Å². The molecule has 2 rings (SSSR count). The maximum Gasteiger partial charge on any atom is 0.238 e. The van der Waals surface area contributed by atoms with Crippen LogP contribution in [0, 0.1) is 13.8 Å². The monoisotopic (exact) mass is 317 g/mol. The number of benzene rings is 1. The first-order chi connectivity index (χ1) is 10.4. The van der Waals surface area contributed by atoms with Gasteiger partial charge in [0.25, 0.3) is 0 Å². The standard InChI is InChI=1S/C17H23N3OS/c1-11(2)20-16(8-9-18-20)19-17(21)14(5)22-15-7-6-12(3)10-13(15)4/h6-11,14H,1-5H3,(H,19,21)/t14-/m0/s1. The number of aryl methyl sites for hydroxylation is 2. The normalized spacial score (nSPS) is 12.5. The minimum absolute atomic E-state index is 0.00706. The second kappa shape index (κ2) is 7.01. The van der Waals surface area contributed by atoms with Crippen LogP contribution < -0.4 is 5.32 Å². The van der Waals surface area contributed by atoms with E-state index in [0.29, 0.717) is 0 Å². The Morgan fingerprint density at radius 2 is 1.95 bits per heavy atom. The van der Waals surface area contributed by atoms with Gasteiger partial charge in [-0.3, -0.25) is 4.79 Å². The number of amides is 1. The van der Waals surface area contributed by atoms with E-state index in [0.717, 1.165) is 10.7 Å². The lowest BCUT2D eigenvalue weighted by atomic mass is 10.2. The molecule has 1 atom stereocenters. The molecular formula is C17H23N3OS. The molecule has 0 saturated carbocycles. The summed E-state index contributed by atoms with van der Waals surface area (Å²) in [5.41, 5.74) is 2.44. The third-order valence-electron chi connectivity index (χ3n) is 3.41. The van der Waals surface area contributed by atoms with Crippen molar-refractivity contribution in [1.29, 1.82) is 0 Å². The van der Waals surface area contributed by atoms with Gasteiger partial charge in [0.1, 0.15) is 5.82 Å². The maximum atomic E-state index is 12.4. The molecule has 1 heterocycles. The van der Waals surface area contributed by atoms with Gasteiger partial charge in [-0.15, -0.1) is 11.8 Å². The number of hydrogen-bond acceptors (Lipinski definition) is 3. The largest absolute Gasteiger partial charge is 0.310 e.